The van der Waals surface area contributed by atoms with Crippen LogP contribution in [0.25, 0.3) is 6.08 Å². The number of nitrogens with zero attached hydrogens (tertiary/aromatic N) is 4. The topological polar surface area (TPSA) is 92.8 Å². The molecule has 1 atom stereocenters. The van der Waals surface area contributed by atoms with Gasteiger partial charge in [0.25, 0.3) is 5.91 Å². The molecule has 2 aromatic heterocycles. The smallest absolute Gasteiger partial charge is 0.268 e. The van der Waals surface area contributed by atoms with Crippen molar-refractivity contribution in [2.45, 2.75) is 58.1 Å². The molecule has 3 heterocycles. The van der Waals surface area contributed by atoms with Gasteiger partial charge in [0.05, 0.1) is 6.10 Å². The molecule has 1 saturated carbocycles. The molecule has 146 valence electrons. The van der Waals surface area contributed by atoms with E-state index < -0.39 is 5.91 Å². The maximum absolute atomic E-state index is 12.5. The molecule has 4 rings (SSSR count). The van der Waals surface area contributed by atoms with Crippen LogP contribution in [0.4, 0.5) is 5.13 Å². The van der Waals surface area contributed by atoms with Crippen LogP contribution < -0.4 is 5.32 Å². The van der Waals surface area contributed by atoms with Crippen molar-refractivity contribution in [2.24, 2.45) is 0 Å². The first-order valence-electron chi connectivity index (χ1n) is 9.60. The van der Waals surface area contributed by atoms with Crippen molar-refractivity contribution in [3.63, 3.8) is 0 Å². The highest BCUT2D eigenvalue weighted by atomic mass is 32.1. The fourth-order valence-electron chi connectivity index (χ4n) is 3.50. The average molecular weight is 398 g/mol. The number of hydrogen-bond acceptors (Lipinski definition) is 6. The van der Waals surface area contributed by atoms with Gasteiger partial charge in [-0.2, -0.15) is 5.26 Å². The van der Waals surface area contributed by atoms with Gasteiger partial charge in [-0.25, -0.2) is 0 Å². The molecule has 7 nitrogen and oxygen atoms in total. The third kappa shape index (κ3) is 4.01. The normalized spacial score (nSPS) is 19.6. The maximum atomic E-state index is 12.5. The number of aryl methyl sites for hydroxylation is 1. The SMILES string of the molecule is Cc1cc(/C=C(\C#N)C(=O)Nc2nnc(C3CC3)s2)c(C)n1CC1CCCO1. The largest absolute Gasteiger partial charge is 0.376 e. The van der Waals surface area contributed by atoms with E-state index in [9.17, 15) is 10.1 Å². The van der Waals surface area contributed by atoms with Gasteiger partial charge in [0, 0.05) is 30.5 Å². The lowest BCUT2D eigenvalue weighted by Gasteiger charge is -2.14. The van der Waals surface area contributed by atoms with Gasteiger partial charge in [0.1, 0.15) is 16.6 Å². The molecule has 8 heteroatoms. The number of nitriles is 1. The molecule has 1 N–H and O–H groups in total. The monoisotopic (exact) mass is 397 g/mol. The molecule has 2 aliphatic rings. The summed E-state index contributed by atoms with van der Waals surface area (Å²) in [6.07, 6.45) is 6.31. The third-order valence-corrected chi connectivity index (χ3v) is 6.28. The van der Waals surface area contributed by atoms with Crippen molar-refractivity contribution in [1.29, 1.82) is 5.26 Å². The number of anilines is 1. The number of rotatable bonds is 6. The Labute approximate surface area is 168 Å². The van der Waals surface area contributed by atoms with Crippen LogP contribution in [0.1, 0.15) is 53.6 Å². The Morgan fingerprint density at radius 3 is 2.93 bits per heavy atom. The Morgan fingerprint density at radius 2 is 2.25 bits per heavy atom. The van der Waals surface area contributed by atoms with Gasteiger partial charge in [0.15, 0.2) is 0 Å². The predicted octanol–water partition coefficient (Wildman–Crippen LogP) is 3.56. The van der Waals surface area contributed by atoms with Crippen molar-refractivity contribution in [3.05, 3.63) is 33.6 Å². The lowest BCUT2D eigenvalue weighted by atomic mass is 10.1. The van der Waals surface area contributed by atoms with Crippen LogP contribution >= 0.6 is 11.3 Å². The molecule has 1 aliphatic carbocycles. The standard InChI is InChI=1S/C20H23N5O2S/c1-12-8-15(13(2)25(12)11-17-4-3-7-27-17)9-16(10-21)18(26)22-20-24-23-19(28-20)14-5-6-14/h8-9,14,17H,3-7,11H2,1-2H3,(H,22,24,26)/b16-9+. The number of amides is 1. The van der Waals surface area contributed by atoms with Crippen LogP contribution in [-0.4, -0.2) is 33.4 Å². The van der Waals surface area contributed by atoms with Crippen LogP contribution in [0, 0.1) is 25.2 Å². The highest BCUT2D eigenvalue weighted by molar-refractivity contribution is 7.15. The van der Waals surface area contributed by atoms with Gasteiger partial charge in [-0.3, -0.25) is 10.1 Å². The number of nitrogens with one attached hydrogen (secondary N) is 1. The number of ether oxygens (including phenoxy) is 1. The Hall–Kier alpha value is -2.50. The summed E-state index contributed by atoms with van der Waals surface area (Å²) >= 11 is 1.38. The second kappa shape index (κ2) is 7.86. The number of aromatic nitrogens is 3. The van der Waals surface area contributed by atoms with Crippen LogP contribution in [0.15, 0.2) is 11.6 Å². The van der Waals surface area contributed by atoms with Crippen molar-refractivity contribution < 1.29 is 9.53 Å². The molecule has 0 radical (unpaired) electrons. The summed E-state index contributed by atoms with van der Waals surface area (Å²) in [4.78, 5) is 12.5. The third-order valence-electron chi connectivity index (χ3n) is 5.28. The number of carbonyl (C=O) groups is 1. The zero-order valence-corrected chi connectivity index (χ0v) is 16.9. The molecule has 2 fully saturated rings. The van der Waals surface area contributed by atoms with Crippen molar-refractivity contribution >= 4 is 28.5 Å². The second-order valence-electron chi connectivity index (χ2n) is 7.42. The minimum absolute atomic E-state index is 0.0561. The van der Waals surface area contributed by atoms with Crippen molar-refractivity contribution in [1.82, 2.24) is 14.8 Å². The van der Waals surface area contributed by atoms with Gasteiger partial charge in [-0.05, 0) is 57.2 Å². The molecule has 1 unspecified atom stereocenters. The number of hydrogen-bond donors (Lipinski definition) is 1. The maximum Gasteiger partial charge on any atom is 0.268 e. The van der Waals surface area contributed by atoms with Crippen LogP contribution in [0.2, 0.25) is 0 Å². The Morgan fingerprint density at radius 1 is 1.43 bits per heavy atom. The lowest BCUT2D eigenvalue weighted by molar-refractivity contribution is -0.112. The van der Waals surface area contributed by atoms with Crippen molar-refractivity contribution in [3.8, 4) is 6.07 Å². The summed E-state index contributed by atoms with van der Waals surface area (Å²) < 4.78 is 7.94. The van der Waals surface area contributed by atoms with Gasteiger partial charge in [0.2, 0.25) is 5.13 Å². The fourth-order valence-corrected chi connectivity index (χ4v) is 4.40. The van der Waals surface area contributed by atoms with Gasteiger partial charge in [-0.1, -0.05) is 11.3 Å². The van der Waals surface area contributed by atoms with Crippen LogP contribution in [0.5, 0.6) is 0 Å². The highest BCUT2D eigenvalue weighted by Crippen LogP contribution is 2.42. The zero-order chi connectivity index (χ0) is 19.7. The van der Waals surface area contributed by atoms with E-state index in [0.29, 0.717) is 11.0 Å². The van der Waals surface area contributed by atoms with Crippen LogP contribution in [-0.2, 0) is 16.1 Å². The first-order valence-corrected chi connectivity index (χ1v) is 10.4. The molecular weight excluding hydrogens is 374 g/mol. The predicted molar refractivity (Wildman–Crippen MR) is 107 cm³/mol. The second-order valence-corrected chi connectivity index (χ2v) is 8.42. The Balaban J connectivity index is 1.50. The van der Waals surface area contributed by atoms with Crippen LogP contribution in [0.3, 0.4) is 0 Å². The van der Waals surface area contributed by atoms with E-state index in [-0.39, 0.29) is 11.7 Å². The number of carbonyl (C=O) groups excluding carboxylic acids is 1. The molecule has 0 aromatic carbocycles. The summed E-state index contributed by atoms with van der Waals surface area (Å²) in [5, 5.41) is 21.7. The van der Waals surface area contributed by atoms with E-state index in [0.717, 1.165) is 60.8 Å². The fraction of sp³-hybridized carbons (Fsp3) is 0.500. The molecule has 1 amide bonds. The summed E-state index contributed by atoms with van der Waals surface area (Å²) in [5.41, 5.74) is 3.05. The highest BCUT2D eigenvalue weighted by Gasteiger charge is 2.28. The van der Waals surface area contributed by atoms with E-state index in [1.54, 1.807) is 6.08 Å². The minimum Gasteiger partial charge on any atom is -0.376 e. The zero-order valence-electron chi connectivity index (χ0n) is 16.1. The van der Waals surface area contributed by atoms with Crippen molar-refractivity contribution in [2.75, 3.05) is 11.9 Å². The Kier molecular flexibility index (Phi) is 5.29. The Bertz CT molecular complexity index is 958. The molecule has 1 aliphatic heterocycles. The molecule has 0 bridgehead atoms. The summed E-state index contributed by atoms with van der Waals surface area (Å²) in [6.45, 7) is 5.66. The molecule has 2 aromatic rings. The molecular formula is C20H23N5O2S. The summed E-state index contributed by atoms with van der Waals surface area (Å²) in [7, 11) is 0. The molecule has 1 saturated heterocycles. The first kappa shape index (κ1) is 18.8. The van der Waals surface area contributed by atoms with E-state index in [4.69, 9.17) is 4.74 Å². The van der Waals surface area contributed by atoms with E-state index in [1.165, 1.54) is 11.3 Å². The van der Waals surface area contributed by atoms with E-state index in [2.05, 4.69) is 20.1 Å². The lowest BCUT2D eigenvalue weighted by Crippen LogP contribution is -2.17. The first-order chi connectivity index (χ1) is 13.5. The quantitative estimate of drug-likeness (QED) is 0.594. The van der Waals surface area contributed by atoms with E-state index >= 15 is 0 Å². The molecule has 0 spiro atoms. The van der Waals surface area contributed by atoms with Gasteiger partial charge in [-0.15, -0.1) is 10.2 Å². The van der Waals surface area contributed by atoms with Gasteiger partial charge >= 0.3 is 0 Å². The summed E-state index contributed by atoms with van der Waals surface area (Å²) in [6, 6.07) is 4.02. The average Bonchev–Trinajstić information content (AvgIpc) is 3.09. The van der Waals surface area contributed by atoms with E-state index in [1.807, 2.05) is 26.0 Å². The summed E-state index contributed by atoms with van der Waals surface area (Å²) in [5.74, 6) is 0.0355. The minimum atomic E-state index is -0.454. The van der Waals surface area contributed by atoms with Gasteiger partial charge < -0.3 is 9.30 Å². The molecule has 28 heavy (non-hydrogen) atoms.